The molecule has 4 heteroatoms. The van der Waals surface area contributed by atoms with Crippen molar-refractivity contribution < 1.29 is 4.74 Å². The lowest BCUT2D eigenvalue weighted by Gasteiger charge is -2.08. The molecule has 0 N–H and O–H groups in total. The molecular weight excluding hydrogens is 284 g/mol. The third-order valence-corrected chi connectivity index (χ3v) is 3.73. The number of hydrogen-bond donors (Lipinski definition) is 0. The van der Waals surface area contributed by atoms with Crippen molar-refractivity contribution in [1.29, 1.82) is 0 Å². The van der Waals surface area contributed by atoms with Crippen LogP contribution in [0.25, 0.3) is 11.0 Å². The maximum atomic E-state index is 6.07. The second-order valence-corrected chi connectivity index (χ2v) is 5.44. The van der Waals surface area contributed by atoms with E-state index in [-0.39, 0.29) is 0 Å². The first kappa shape index (κ1) is 14.0. The van der Waals surface area contributed by atoms with Gasteiger partial charge in [0.15, 0.2) is 0 Å². The van der Waals surface area contributed by atoms with Crippen molar-refractivity contribution in [1.82, 2.24) is 9.55 Å². The van der Waals surface area contributed by atoms with Crippen molar-refractivity contribution in [2.45, 2.75) is 27.0 Å². The minimum atomic E-state index is 0.448. The summed E-state index contributed by atoms with van der Waals surface area (Å²) in [6.07, 6.45) is 0. The predicted molar refractivity (Wildman–Crippen MR) is 85.9 cm³/mol. The minimum absolute atomic E-state index is 0.448. The highest BCUT2D eigenvalue weighted by molar-refractivity contribution is 6.31. The number of aromatic nitrogens is 2. The van der Waals surface area contributed by atoms with Crippen LogP contribution in [0.5, 0.6) is 5.75 Å². The van der Waals surface area contributed by atoms with Crippen molar-refractivity contribution in [3.63, 3.8) is 0 Å². The van der Waals surface area contributed by atoms with Gasteiger partial charge in [0.25, 0.3) is 0 Å². The molecule has 3 nitrogen and oxygen atoms in total. The molecule has 108 valence electrons. The maximum Gasteiger partial charge on any atom is 0.147 e. The highest BCUT2D eigenvalue weighted by Crippen LogP contribution is 2.22. The van der Waals surface area contributed by atoms with Crippen molar-refractivity contribution in [3.05, 3.63) is 58.9 Å². The molecule has 0 saturated carbocycles. The molecule has 0 aliphatic rings. The highest BCUT2D eigenvalue weighted by Gasteiger charge is 2.10. The molecule has 0 atom stereocenters. The van der Waals surface area contributed by atoms with Crippen LogP contribution in [0.4, 0.5) is 0 Å². The summed E-state index contributed by atoms with van der Waals surface area (Å²) < 4.78 is 7.97. The first-order valence-corrected chi connectivity index (χ1v) is 7.39. The van der Waals surface area contributed by atoms with Gasteiger partial charge in [0.2, 0.25) is 0 Å². The third kappa shape index (κ3) is 2.88. The van der Waals surface area contributed by atoms with Crippen molar-refractivity contribution >= 4 is 22.6 Å². The van der Waals surface area contributed by atoms with E-state index >= 15 is 0 Å². The summed E-state index contributed by atoms with van der Waals surface area (Å²) in [5.41, 5.74) is 3.22. The third-order valence-electron chi connectivity index (χ3n) is 3.49. The monoisotopic (exact) mass is 300 g/mol. The lowest BCUT2D eigenvalue weighted by atomic mass is 10.2. The Bertz CT molecular complexity index is 762. The van der Waals surface area contributed by atoms with Crippen LogP contribution in [0.1, 0.15) is 18.3 Å². The van der Waals surface area contributed by atoms with E-state index in [0.29, 0.717) is 6.61 Å². The van der Waals surface area contributed by atoms with E-state index in [0.717, 1.165) is 34.2 Å². The van der Waals surface area contributed by atoms with Crippen LogP contribution in [0.2, 0.25) is 5.02 Å². The largest absolute Gasteiger partial charge is 0.486 e. The lowest BCUT2D eigenvalue weighted by Crippen LogP contribution is -2.05. The number of hydrogen-bond acceptors (Lipinski definition) is 2. The average molecular weight is 301 g/mol. The topological polar surface area (TPSA) is 27.1 Å². The lowest BCUT2D eigenvalue weighted by molar-refractivity contribution is 0.290. The van der Waals surface area contributed by atoms with E-state index in [4.69, 9.17) is 16.3 Å². The Hall–Kier alpha value is -2.00. The van der Waals surface area contributed by atoms with Crippen LogP contribution in [-0.4, -0.2) is 9.55 Å². The summed E-state index contributed by atoms with van der Waals surface area (Å²) in [7, 11) is 0. The van der Waals surface area contributed by atoms with Gasteiger partial charge in [-0.3, -0.25) is 0 Å². The molecule has 0 saturated heterocycles. The number of nitrogens with zero attached hydrogens (tertiary/aromatic N) is 2. The van der Waals surface area contributed by atoms with E-state index < -0.39 is 0 Å². The SMILES string of the molecule is CCn1c(COc2ccc(C)cc2)nc2ccc(Cl)cc21. The normalized spacial score (nSPS) is 11.0. The quantitative estimate of drug-likeness (QED) is 0.704. The van der Waals surface area contributed by atoms with Gasteiger partial charge in [0.1, 0.15) is 18.2 Å². The molecule has 0 spiro atoms. The van der Waals surface area contributed by atoms with E-state index in [1.165, 1.54) is 5.56 Å². The Kier molecular flexibility index (Phi) is 3.84. The van der Waals surface area contributed by atoms with E-state index in [9.17, 15) is 0 Å². The summed E-state index contributed by atoms with van der Waals surface area (Å²) >= 11 is 6.07. The second kappa shape index (κ2) is 5.78. The van der Waals surface area contributed by atoms with Crippen LogP contribution >= 0.6 is 11.6 Å². The van der Waals surface area contributed by atoms with E-state index in [2.05, 4.69) is 23.4 Å². The van der Waals surface area contributed by atoms with Gasteiger partial charge in [-0.2, -0.15) is 0 Å². The van der Waals surface area contributed by atoms with Gasteiger partial charge in [-0.15, -0.1) is 0 Å². The average Bonchev–Trinajstić information content (AvgIpc) is 2.83. The summed E-state index contributed by atoms with van der Waals surface area (Å²) in [5.74, 6) is 1.77. The molecule has 3 aromatic rings. The molecule has 21 heavy (non-hydrogen) atoms. The van der Waals surface area contributed by atoms with E-state index in [1.54, 1.807) is 0 Å². The summed E-state index contributed by atoms with van der Waals surface area (Å²) in [6, 6.07) is 13.8. The van der Waals surface area contributed by atoms with Gasteiger partial charge in [0.05, 0.1) is 11.0 Å². The molecule has 0 bridgehead atoms. The number of benzene rings is 2. The first-order chi connectivity index (χ1) is 10.2. The standard InChI is InChI=1S/C17H17ClN2O/c1-3-20-16-10-13(18)6-9-15(16)19-17(20)11-21-14-7-4-12(2)5-8-14/h4-10H,3,11H2,1-2H3. The fourth-order valence-corrected chi connectivity index (χ4v) is 2.56. The van der Waals surface area contributed by atoms with Gasteiger partial charge in [-0.25, -0.2) is 4.98 Å². The number of halogens is 1. The predicted octanol–water partition coefficient (Wildman–Crippen LogP) is 4.60. The molecular formula is C17H17ClN2O. The van der Waals surface area contributed by atoms with E-state index in [1.807, 2.05) is 42.5 Å². The summed E-state index contributed by atoms with van der Waals surface area (Å²) in [4.78, 5) is 4.64. The van der Waals surface area contributed by atoms with Crippen LogP contribution < -0.4 is 4.74 Å². The van der Waals surface area contributed by atoms with Gasteiger partial charge < -0.3 is 9.30 Å². The molecule has 0 aliphatic carbocycles. The smallest absolute Gasteiger partial charge is 0.147 e. The second-order valence-electron chi connectivity index (χ2n) is 5.01. The number of rotatable bonds is 4. The number of imidazole rings is 1. The van der Waals surface area contributed by atoms with Crippen LogP contribution in [0.3, 0.4) is 0 Å². The Balaban J connectivity index is 1.88. The molecule has 0 unspecified atom stereocenters. The number of fused-ring (bicyclic) bond motifs is 1. The van der Waals surface area contributed by atoms with Crippen molar-refractivity contribution in [2.24, 2.45) is 0 Å². The maximum absolute atomic E-state index is 6.07. The minimum Gasteiger partial charge on any atom is -0.486 e. The van der Waals surface area contributed by atoms with Gasteiger partial charge in [-0.1, -0.05) is 29.3 Å². The van der Waals surface area contributed by atoms with Gasteiger partial charge in [0, 0.05) is 11.6 Å². The molecule has 2 aromatic carbocycles. The molecule has 1 aromatic heterocycles. The Morgan fingerprint density at radius 3 is 2.62 bits per heavy atom. The fourth-order valence-electron chi connectivity index (χ4n) is 2.39. The summed E-state index contributed by atoms with van der Waals surface area (Å²) in [5, 5.41) is 0.725. The van der Waals surface area contributed by atoms with Crippen LogP contribution in [0.15, 0.2) is 42.5 Å². The summed E-state index contributed by atoms with van der Waals surface area (Å²) in [6.45, 7) is 5.44. The first-order valence-electron chi connectivity index (χ1n) is 7.01. The Labute approximate surface area is 129 Å². The molecule has 0 aliphatic heterocycles. The number of ether oxygens (including phenoxy) is 1. The highest BCUT2D eigenvalue weighted by atomic mass is 35.5. The Morgan fingerprint density at radius 2 is 1.90 bits per heavy atom. The van der Waals surface area contributed by atoms with Gasteiger partial charge in [-0.05, 0) is 44.2 Å². The molecule has 0 fully saturated rings. The number of aryl methyl sites for hydroxylation is 2. The molecule has 0 amide bonds. The van der Waals surface area contributed by atoms with Crippen molar-refractivity contribution in [2.75, 3.05) is 0 Å². The van der Waals surface area contributed by atoms with Crippen LogP contribution in [0, 0.1) is 6.92 Å². The zero-order valence-corrected chi connectivity index (χ0v) is 12.9. The molecule has 3 rings (SSSR count). The van der Waals surface area contributed by atoms with Gasteiger partial charge >= 0.3 is 0 Å². The molecule has 1 heterocycles. The Morgan fingerprint density at radius 1 is 1.14 bits per heavy atom. The van der Waals surface area contributed by atoms with Crippen molar-refractivity contribution in [3.8, 4) is 5.75 Å². The zero-order valence-electron chi connectivity index (χ0n) is 12.1. The molecule has 0 radical (unpaired) electrons. The van der Waals surface area contributed by atoms with Crippen LogP contribution in [-0.2, 0) is 13.2 Å². The zero-order chi connectivity index (χ0) is 14.8. The fraction of sp³-hybridized carbons (Fsp3) is 0.235.